The minimum absolute atomic E-state index is 0.00268. The molecule has 7 rings (SSSR count). The summed E-state index contributed by atoms with van der Waals surface area (Å²) in [5.74, 6) is -1.63. The molecule has 0 spiro atoms. The van der Waals surface area contributed by atoms with Crippen LogP contribution in [0.4, 0.5) is 9.59 Å². The number of urea groups is 1. The van der Waals surface area contributed by atoms with Gasteiger partial charge in [0.2, 0.25) is 17.7 Å². The Labute approximate surface area is 321 Å². The molecule has 284 valence electrons. The van der Waals surface area contributed by atoms with Crippen LogP contribution in [0, 0.1) is 0 Å². The molecule has 14 nitrogen and oxygen atoms in total. The number of aromatic nitrogens is 2. The number of H-pyrrole nitrogens is 2. The number of nitrogens with one attached hydrogen (secondary N) is 6. The number of nitrogens with zero attached hydrogens (tertiary/aromatic N) is 2. The van der Waals surface area contributed by atoms with Gasteiger partial charge in [0.15, 0.2) is 0 Å². The highest BCUT2D eigenvalue weighted by Crippen LogP contribution is 2.21. The number of amides is 6. The number of hydrazone groups is 1. The zero-order chi connectivity index (χ0) is 38.9. The summed E-state index contributed by atoms with van der Waals surface area (Å²) in [7, 11) is 0. The lowest BCUT2D eigenvalue weighted by Crippen LogP contribution is -2.56. The SMILES string of the molecule is O=C1CN(N=CC(Cc2ccccc2)NC(=O)C(Cc2c[nH]c3ccccc23)NC(=O)C(Cc2c[nH]c3ccccc23)NC(=O)OCc2ccccc2)C(=O)N1. The van der Waals surface area contributed by atoms with Crippen molar-refractivity contribution in [3.63, 3.8) is 0 Å². The number of aromatic amines is 2. The Hall–Kier alpha value is -7.22. The number of carbonyl (C=O) groups excluding carboxylic acids is 5. The molecule has 0 radical (unpaired) electrons. The van der Waals surface area contributed by atoms with Crippen molar-refractivity contribution in [3.8, 4) is 0 Å². The van der Waals surface area contributed by atoms with E-state index in [1.807, 2.05) is 109 Å². The van der Waals surface area contributed by atoms with E-state index < -0.39 is 48.0 Å². The Morgan fingerprint density at radius 2 is 1.21 bits per heavy atom. The molecule has 3 heterocycles. The van der Waals surface area contributed by atoms with Gasteiger partial charge < -0.3 is 30.7 Å². The van der Waals surface area contributed by atoms with Crippen LogP contribution in [0.2, 0.25) is 0 Å². The predicted molar refractivity (Wildman–Crippen MR) is 210 cm³/mol. The number of carbonyl (C=O) groups is 5. The second-order valence-electron chi connectivity index (χ2n) is 13.4. The average Bonchev–Trinajstić information content (AvgIpc) is 3.92. The van der Waals surface area contributed by atoms with Crippen molar-refractivity contribution in [2.45, 2.75) is 44.0 Å². The normalized spacial score (nSPS) is 14.4. The van der Waals surface area contributed by atoms with Gasteiger partial charge in [0.05, 0.1) is 6.04 Å². The van der Waals surface area contributed by atoms with Crippen LogP contribution in [0.25, 0.3) is 21.8 Å². The summed E-state index contributed by atoms with van der Waals surface area (Å²) in [6, 6.07) is 30.1. The number of ether oxygens (including phenoxy) is 1. The van der Waals surface area contributed by atoms with Crippen LogP contribution >= 0.6 is 0 Å². The molecule has 6 amide bonds. The molecule has 1 saturated heterocycles. The molecule has 1 aliphatic rings. The third-order valence-electron chi connectivity index (χ3n) is 9.44. The second-order valence-corrected chi connectivity index (χ2v) is 13.4. The smallest absolute Gasteiger partial charge is 0.408 e. The summed E-state index contributed by atoms with van der Waals surface area (Å²) >= 11 is 0. The molecule has 4 aromatic carbocycles. The van der Waals surface area contributed by atoms with Crippen LogP contribution in [0.15, 0.2) is 127 Å². The quantitative estimate of drug-likeness (QED) is 0.0663. The van der Waals surface area contributed by atoms with Gasteiger partial charge in [-0.3, -0.25) is 19.7 Å². The van der Waals surface area contributed by atoms with Gasteiger partial charge in [0.1, 0.15) is 25.2 Å². The molecule has 14 heteroatoms. The largest absolute Gasteiger partial charge is 0.445 e. The monoisotopic (exact) mass is 752 g/mol. The number of benzene rings is 4. The van der Waals surface area contributed by atoms with Crippen LogP contribution in [0.1, 0.15) is 22.3 Å². The van der Waals surface area contributed by atoms with Gasteiger partial charge in [-0.1, -0.05) is 97.1 Å². The van der Waals surface area contributed by atoms with Gasteiger partial charge >= 0.3 is 12.1 Å². The Bertz CT molecular complexity index is 2370. The Balaban J connectivity index is 1.16. The van der Waals surface area contributed by atoms with E-state index >= 15 is 0 Å². The van der Waals surface area contributed by atoms with Gasteiger partial charge in [-0.05, 0) is 40.8 Å². The van der Waals surface area contributed by atoms with Gasteiger partial charge in [-0.2, -0.15) is 5.10 Å². The topological polar surface area (TPSA) is 190 Å². The number of para-hydroxylation sites is 2. The predicted octanol–water partition coefficient (Wildman–Crippen LogP) is 4.48. The fourth-order valence-electron chi connectivity index (χ4n) is 6.62. The molecular weight excluding hydrogens is 713 g/mol. The average molecular weight is 753 g/mol. The zero-order valence-electron chi connectivity index (χ0n) is 30.2. The van der Waals surface area contributed by atoms with Crippen molar-refractivity contribution >= 4 is 57.9 Å². The first-order chi connectivity index (χ1) is 27.3. The Kier molecular flexibility index (Phi) is 11.5. The van der Waals surface area contributed by atoms with E-state index in [0.717, 1.165) is 49.1 Å². The molecule has 0 saturated carbocycles. The minimum atomic E-state index is -1.14. The molecule has 0 aliphatic carbocycles. The van der Waals surface area contributed by atoms with Crippen LogP contribution in [-0.4, -0.2) is 75.7 Å². The summed E-state index contributed by atoms with van der Waals surface area (Å²) in [4.78, 5) is 72.5. The maximum atomic E-state index is 14.4. The first-order valence-electron chi connectivity index (χ1n) is 18.2. The highest BCUT2D eigenvalue weighted by molar-refractivity contribution is 6.02. The number of fused-ring (bicyclic) bond motifs is 2. The maximum Gasteiger partial charge on any atom is 0.408 e. The minimum Gasteiger partial charge on any atom is -0.445 e. The van der Waals surface area contributed by atoms with Crippen LogP contribution < -0.4 is 21.3 Å². The maximum absolute atomic E-state index is 14.4. The lowest BCUT2D eigenvalue weighted by atomic mass is 10.0. The van der Waals surface area contributed by atoms with Crippen molar-refractivity contribution in [2.24, 2.45) is 5.10 Å². The van der Waals surface area contributed by atoms with E-state index in [-0.39, 0.29) is 26.0 Å². The molecule has 6 N–H and O–H groups in total. The third kappa shape index (κ3) is 9.28. The number of alkyl carbamates (subject to hydrolysis) is 1. The number of imide groups is 1. The molecule has 1 fully saturated rings. The molecule has 3 atom stereocenters. The van der Waals surface area contributed by atoms with E-state index in [1.54, 1.807) is 12.4 Å². The van der Waals surface area contributed by atoms with Gasteiger partial charge in [-0.15, -0.1) is 0 Å². The molecule has 0 bridgehead atoms. The fraction of sp³-hybridized carbons (Fsp3) is 0.190. The van der Waals surface area contributed by atoms with Crippen molar-refractivity contribution < 1.29 is 28.7 Å². The van der Waals surface area contributed by atoms with E-state index in [2.05, 4.69) is 36.3 Å². The van der Waals surface area contributed by atoms with Crippen molar-refractivity contribution in [1.29, 1.82) is 0 Å². The lowest BCUT2D eigenvalue weighted by molar-refractivity contribution is -0.130. The first kappa shape index (κ1) is 37.1. The third-order valence-corrected chi connectivity index (χ3v) is 9.44. The molecule has 6 aromatic rings. The van der Waals surface area contributed by atoms with Crippen molar-refractivity contribution in [1.82, 2.24) is 36.2 Å². The summed E-state index contributed by atoms with van der Waals surface area (Å²) in [5, 5.41) is 17.8. The van der Waals surface area contributed by atoms with Crippen molar-refractivity contribution in [3.05, 3.63) is 144 Å². The van der Waals surface area contributed by atoms with E-state index in [1.165, 1.54) is 6.21 Å². The highest BCUT2D eigenvalue weighted by atomic mass is 16.5. The number of hydrogen-bond acceptors (Lipinski definition) is 7. The number of rotatable bonds is 15. The summed E-state index contributed by atoms with van der Waals surface area (Å²) < 4.78 is 5.50. The fourth-order valence-corrected chi connectivity index (χ4v) is 6.62. The Morgan fingerprint density at radius 1 is 0.679 bits per heavy atom. The summed E-state index contributed by atoms with van der Waals surface area (Å²) in [6.07, 6.45) is 4.68. The van der Waals surface area contributed by atoms with Crippen molar-refractivity contribution in [2.75, 3.05) is 6.54 Å². The first-order valence-corrected chi connectivity index (χ1v) is 18.2. The molecule has 3 unspecified atom stereocenters. The van der Waals surface area contributed by atoms with Gasteiger partial charge in [0.25, 0.3) is 0 Å². The Morgan fingerprint density at radius 3 is 1.80 bits per heavy atom. The van der Waals surface area contributed by atoms with E-state index in [9.17, 15) is 24.0 Å². The number of hydrogen-bond donors (Lipinski definition) is 6. The molecule has 1 aliphatic heterocycles. The molecule has 2 aromatic heterocycles. The standard InChI is InChI=1S/C42H40N8O6/c51-38-25-50(41(54)49-38)45-24-31(19-27-11-3-1-4-12-27)46-39(52)36(20-29-22-43-34-17-9-7-15-32(29)34)47-40(53)37(21-30-23-44-35-18-10-8-16-33(30)35)48-42(55)56-26-28-13-5-2-6-14-28/h1-18,22-24,31,36-37,43-44H,19-21,25-26H2,(H,46,52)(H,47,53)(H,48,55)(H,49,51,54). The van der Waals surface area contributed by atoms with E-state index in [0.29, 0.717) is 6.42 Å². The summed E-state index contributed by atoms with van der Waals surface area (Å²) in [6.45, 7) is -0.253. The molecular formula is C42H40N8O6. The van der Waals surface area contributed by atoms with Gasteiger partial charge in [-0.25, -0.2) is 14.6 Å². The van der Waals surface area contributed by atoms with Gasteiger partial charge in [0, 0.05) is 53.3 Å². The molecule has 56 heavy (non-hydrogen) atoms. The van der Waals surface area contributed by atoms with E-state index in [4.69, 9.17) is 4.74 Å². The van der Waals surface area contributed by atoms with Crippen LogP contribution in [0.5, 0.6) is 0 Å². The van der Waals surface area contributed by atoms with Crippen LogP contribution in [0.3, 0.4) is 0 Å². The lowest BCUT2D eigenvalue weighted by Gasteiger charge is -2.25. The second kappa shape index (κ2) is 17.3. The van der Waals surface area contributed by atoms with Crippen LogP contribution in [-0.2, 0) is 45.0 Å². The highest BCUT2D eigenvalue weighted by Gasteiger charge is 2.31. The summed E-state index contributed by atoms with van der Waals surface area (Å²) in [5.41, 5.74) is 4.95. The zero-order valence-corrected chi connectivity index (χ0v) is 30.2.